The van der Waals surface area contributed by atoms with Crippen molar-refractivity contribution in [3.8, 4) is 0 Å². The minimum absolute atomic E-state index is 0.0828. The number of nitrogens with zero attached hydrogens (tertiary/aromatic N) is 5. The van der Waals surface area contributed by atoms with Crippen molar-refractivity contribution >= 4 is 29.4 Å². The van der Waals surface area contributed by atoms with Crippen LogP contribution in [0.5, 0.6) is 0 Å². The molecular weight excluding hydrogens is 354 g/mol. The molecule has 2 N–H and O–H groups in total. The van der Waals surface area contributed by atoms with Crippen LogP contribution >= 0.6 is 11.8 Å². The standard InChI is InChI=1S/C16H19N7O2S/c1-4-5-11-7-12(24)20-16(18-11)26-8-13(25)19-14-21-15-17-9(2)6-10(3)23(15)22-14/h6-7H,4-5,8H2,1-3H3,(H,18,20,24)(H,19,22,25). The highest BCUT2D eigenvalue weighted by Crippen LogP contribution is 2.13. The Labute approximate surface area is 153 Å². The molecule has 0 saturated carbocycles. The van der Waals surface area contributed by atoms with Gasteiger partial charge < -0.3 is 4.98 Å². The van der Waals surface area contributed by atoms with E-state index in [0.29, 0.717) is 10.9 Å². The van der Waals surface area contributed by atoms with Gasteiger partial charge in [-0.2, -0.15) is 9.50 Å². The predicted octanol–water partition coefficient (Wildman–Crippen LogP) is 1.51. The molecule has 3 aromatic heterocycles. The van der Waals surface area contributed by atoms with Crippen LogP contribution in [0.25, 0.3) is 5.78 Å². The van der Waals surface area contributed by atoms with Crippen LogP contribution in [0, 0.1) is 13.8 Å². The van der Waals surface area contributed by atoms with E-state index in [0.717, 1.165) is 41.7 Å². The van der Waals surface area contributed by atoms with E-state index in [2.05, 4.69) is 30.4 Å². The number of thioether (sulfide) groups is 1. The van der Waals surface area contributed by atoms with E-state index in [4.69, 9.17) is 0 Å². The van der Waals surface area contributed by atoms with Crippen LogP contribution in [-0.4, -0.2) is 41.2 Å². The van der Waals surface area contributed by atoms with Gasteiger partial charge in [0.2, 0.25) is 5.91 Å². The number of hydrogen-bond donors (Lipinski definition) is 2. The zero-order chi connectivity index (χ0) is 18.7. The third-order valence-corrected chi connectivity index (χ3v) is 4.36. The Morgan fingerprint density at radius 2 is 2.08 bits per heavy atom. The number of fused-ring (bicyclic) bond motifs is 1. The zero-order valence-electron chi connectivity index (χ0n) is 14.7. The van der Waals surface area contributed by atoms with Gasteiger partial charge in [0.15, 0.2) is 5.16 Å². The molecule has 3 heterocycles. The maximum absolute atomic E-state index is 12.1. The number of aromatic nitrogens is 6. The van der Waals surface area contributed by atoms with E-state index < -0.39 is 0 Å². The Morgan fingerprint density at radius 1 is 1.27 bits per heavy atom. The molecule has 0 fully saturated rings. The number of carbonyl (C=O) groups is 1. The number of carbonyl (C=O) groups excluding carboxylic acids is 1. The van der Waals surface area contributed by atoms with Crippen molar-refractivity contribution in [2.24, 2.45) is 0 Å². The lowest BCUT2D eigenvalue weighted by atomic mass is 10.2. The van der Waals surface area contributed by atoms with Gasteiger partial charge in [0.05, 0.1) is 5.75 Å². The van der Waals surface area contributed by atoms with E-state index in [-0.39, 0.29) is 23.2 Å². The molecule has 0 aliphatic rings. The Morgan fingerprint density at radius 3 is 2.85 bits per heavy atom. The summed E-state index contributed by atoms with van der Waals surface area (Å²) in [7, 11) is 0. The van der Waals surface area contributed by atoms with E-state index in [1.165, 1.54) is 6.07 Å². The van der Waals surface area contributed by atoms with E-state index in [1.54, 1.807) is 4.52 Å². The summed E-state index contributed by atoms with van der Waals surface area (Å²) < 4.78 is 1.57. The highest BCUT2D eigenvalue weighted by molar-refractivity contribution is 7.99. The van der Waals surface area contributed by atoms with Crippen LogP contribution in [0.4, 0.5) is 5.95 Å². The van der Waals surface area contributed by atoms with Crippen LogP contribution < -0.4 is 10.9 Å². The van der Waals surface area contributed by atoms with Crippen molar-refractivity contribution in [1.82, 2.24) is 29.5 Å². The molecule has 0 saturated heterocycles. The number of anilines is 1. The fraction of sp³-hybridized carbons (Fsp3) is 0.375. The van der Waals surface area contributed by atoms with E-state index in [1.807, 2.05) is 26.8 Å². The molecule has 3 aromatic rings. The van der Waals surface area contributed by atoms with Crippen molar-refractivity contribution in [2.45, 2.75) is 38.8 Å². The maximum atomic E-state index is 12.1. The van der Waals surface area contributed by atoms with Gasteiger partial charge in [0.25, 0.3) is 17.3 Å². The quantitative estimate of drug-likeness (QED) is 0.496. The lowest BCUT2D eigenvalue weighted by Gasteiger charge is -2.03. The second-order valence-electron chi connectivity index (χ2n) is 5.81. The molecule has 9 nitrogen and oxygen atoms in total. The minimum Gasteiger partial charge on any atom is -0.301 e. The van der Waals surface area contributed by atoms with Gasteiger partial charge in [0.1, 0.15) is 0 Å². The molecule has 0 aliphatic carbocycles. The summed E-state index contributed by atoms with van der Waals surface area (Å²) in [6, 6.07) is 3.36. The number of aromatic amines is 1. The third-order valence-electron chi connectivity index (χ3n) is 3.49. The molecule has 0 spiro atoms. The number of amides is 1. The van der Waals surface area contributed by atoms with Gasteiger partial charge >= 0.3 is 0 Å². The number of hydrogen-bond acceptors (Lipinski definition) is 7. The van der Waals surface area contributed by atoms with Gasteiger partial charge in [0, 0.05) is 23.1 Å². The summed E-state index contributed by atoms with van der Waals surface area (Å²) in [5.41, 5.74) is 2.21. The highest BCUT2D eigenvalue weighted by atomic mass is 32.2. The summed E-state index contributed by atoms with van der Waals surface area (Å²) in [5, 5.41) is 7.29. The Bertz CT molecular complexity index is 1010. The average molecular weight is 373 g/mol. The molecule has 3 rings (SSSR count). The molecule has 0 bridgehead atoms. The monoisotopic (exact) mass is 373 g/mol. The topological polar surface area (TPSA) is 118 Å². The molecule has 0 unspecified atom stereocenters. The van der Waals surface area contributed by atoms with Crippen LogP contribution in [-0.2, 0) is 11.2 Å². The van der Waals surface area contributed by atoms with Gasteiger partial charge in [-0.05, 0) is 26.3 Å². The number of rotatable bonds is 6. The fourth-order valence-electron chi connectivity index (χ4n) is 2.45. The van der Waals surface area contributed by atoms with E-state index >= 15 is 0 Å². The van der Waals surface area contributed by atoms with Crippen molar-refractivity contribution < 1.29 is 4.79 Å². The lowest BCUT2D eigenvalue weighted by Crippen LogP contribution is -2.16. The maximum Gasteiger partial charge on any atom is 0.254 e. The molecule has 26 heavy (non-hydrogen) atoms. The first-order chi connectivity index (χ1) is 12.4. The number of aryl methyl sites for hydroxylation is 3. The van der Waals surface area contributed by atoms with Gasteiger partial charge in [-0.25, -0.2) is 9.97 Å². The van der Waals surface area contributed by atoms with Crippen molar-refractivity contribution in [1.29, 1.82) is 0 Å². The Hall–Kier alpha value is -2.75. The van der Waals surface area contributed by atoms with Gasteiger partial charge in [-0.1, -0.05) is 25.1 Å². The SMILES string of the molecule is CCCc1cc(=O)[nH]c(SCC(=O)Nc2nc3nc(C)cc(C)n3n2)n1. The lowest BCUT2D eigenvalue weighted by molar-refractivity contribution is -0.113. The first kappa shape index (κ1) is 18.1. The van der Waals surface area contributed by atoms with E-state index in [9.17, 15) is 9.59 Å². The molecule has 1 amide bonds. The normalized spacial score (nSPS) is 11.0. The van der Waals surface area contributed by atoms with Crippen LogP contribution in [0.15, 0.2) is 22.1 Å². The third kappa shape index (κ3) is 4.26. The van der Waals surface area contributed by atoms with Crippen LogP contribution in [0.2, 0.25) is 0 Å². The molecule has 0 aromatic carbocycles. The Kier molecular flexibility index (Phi) is 5.31. The predicted molar refractivity (Wildman–Crippen MR) is 98.5 cm³/mol. The largest absolute Gasteiger partial charge is 0.301 e. The fourth-order valence-corrected chi connectivity index (χ4v) is 3.14. The van der Waals surface area contributed by atoms with Gasteiger partial charge in [-0.15, -0.1) is 5.10 Å². The van der Waals surface area contributed by atoms with Crippen LogP contribution in [0.3, 0.4) is 0 Å². The average Bonchev–Trinajstić information content (AvgIpc) is 2.95. The molecule has 0 aliphatic heterocycles. The first-order valence-electron chi connectivity index (χ1n) is 8.18. The van der Waals surface area contributed by atoms with Crippen molar-refractivity contribution in [3.63, 3.8) is 0 Å². The van der Waals surface area contributed by atoms with Crippen LogP contribution in [0.1, 0.15) is 30.4 Å². The summed E-state index contributed by atoms with van der Waals surface area (Å²) >= 11 is 1.16. The summed E-state index contributed by atoms with van der Waals surface area (Å²) in [5.74, 6) is 0.421. The first-order valence-corrected chi connectivity index (χ1v) is 9.17. The molecule has 0 atom stereocenters. The smallest absolute Gasteiger partial charge is 0.254 e. The molecule has 136 valence electrons. The van der Waals surface area contributed by atoms with Crippen molar-refractivity contribution in [2.75, 3.05) is 11.1 Å². The summed E-state index contributed by atoms with van der Waals surface area (Å²) in [6.07, 6.45) is 1.62. The zero-order valence-corrected chi connectivity index (χ0v) is 15.6. The molecule has 0 radical (unpaired) electrons. The Balaban J connectivity index is 1.66. The van der Waals surface area contributed by atoms with Gasteiger partial charge in [-0.3, -0.25) is 14.9 Å². The molecule has 10 heteroatoms. The second-order valence-corrected chi connectivity index (χ2v) is 6.78. The number of nitrogens with one attached hydrogen (secondary N) is 2. The molecular formula is C16H19N7O2S. The number of H-pyrrole nitrogens is 1. The second kappa shape index (κ2) is 7.65. The van der Waals surface area contributed by atoms with Crippen molar-refractivity contribution in [3.05, 3.63) is 39.6 Å². The minimum atomic E-state index is -0.288. The highest BCUT2D eigenvalue weighted by Gasteiger charge is 2.12. The summed E-state index contributed by atoms with van der Waals surface area (Å²) in [4.78, 5) is 39.2. The summed E-state index contributed by atoms with van der Waals surface area (Å²) in [6.45, 7) is 5.78.